The van der Waals surface area contributed by atoms with E-state index in [0.717, 1.165) is 30.5 Å². The van der Waals surface area contributed by atoms with Crippen LogP contribution in [0.2, 0.25) is 5.02 Å². The molecule has 3 heterocycles. The number of piperidine rings is 1. The highest BCUT2D eigenvalue weighted by Gasteiger charge is 2.26. The number of carbonyl (C=O) groups is 2. The molecular formula is C14H16ClN5O2. The highest BCUT2D eigenvalue weighted by atomic mass is 35.5. The van der Waals surface area contributed by atoms with Gasteiger partial charge in [-0.25, -0.2) is 4.98 Å². The first kappa shape index (κ1) is 14.6. The molecule has 0 radical (unpaired) electrons. The molecular weight excluding hydrogens is 306 g/mol. The number of hydrogen-bond acceptors (Lipinski definition) is 4. The smallest absolute Gasteiger partial charge is 0.269 e. The van der Waals surface area contributed by atoms with Gasteiger partial charge in [-0.2, -0.15) is 0 Å². The molecule has 0 spiro atoms. The van der Waals surface area contributed by atoms with Crippen molar-refractivity contribution in [2.24, 2.45) is 5.73 Å². The van der Waals surface area contributed by atoms with Gasteiger partial charge >= 0.3 is 0 Å². The maximum Gasteiger partial charge on any atom is 0.269 e. The maximum absolute atomic E-state index is 11.6. The van der Waals surface area contributed by atoms with Crippen molar-refractivity contribution in [3.05, 3.63) is 23.0 Å². The highest BCUT2D eigenvalue weighted by Crippen LogP contribution is 2.36. The van der Waals surface area contributed by atoms with Crippen molar-refractivity contribution < 1.29 is 9.59 Å². The summed E-state index contributed by atoms with van der Waals surface area (Å²) in [6.07, 6.45) is 4.29. The van der Waals surface area contributed by atoms with Crippen LogP contribution < -0.4 is 16.0 Å². The second-order valence-electron chi connectivity index (χ2n) is 5.30. The van der Waals surface area contributed by atoms with Crippen molar-refractivity contribution in [3.63, 3.8) is 0 Å². The molecule has 0 aliphatic carbocycles. The summed E-state index contributed by atoms with van der Waals surface area (Å²) in [5.41, 5.74) is 6.73. The number of amides is 2. The number of nitrogens with two attached hydrogens (primary N) is 1. The Labute approximate surface area is 131 Å². The lowest BCUT2D eigenvalue weighted by Gasteiger charge is -2.35. The van der Waals surface area contributed by atoms with Gasteiger partial charge in [0.2, 0.25) is 6.41 Å². The molecule has 1 fully saturated rings. The number of carbonyl (C=O) groups excluding carboxylic acids is 2. The SMILES string of the molecule is NC(=O)c1nc2[nH]ccc2c(N2CCC[C@@H](NC=O)C2)c1Cl. The summed E-state index contributed by atoms with van der Waals surface area (Å²) in [6.45, 7) is 1.42. The van der Waals surface area contributed by atoms with Gasteiger partial charge < -0.3 is 20.9 Å². The Balaban J connectivity index is 2.08. The van der Waals surface area contributed by atoms with Crippen LogP contribution in [0.4, 0.5) is 5.69 Å². The molecule has 0 saturated carbocycles. The quantitative estimate of drug-likeness (QED) is 0.731. The Morgan fingerprint density at radius 1 is 1.59 bits per heavy atom. The van der Waals surface area contributed by atoms with Gasteiger partial charge in [0.25, 0.3) is 5.91 Å². The molecule has 0 bridgehead atoms. The maximum atomic E-state index is 11.6. The third kappa shape index (κ3) is 2.48. The number of pyridine rings is 1. The van der Waals surface area contributed by atoms with Crippen LogP contribution in [0.25, 0.3) is 11.0 Å². The Hall–Kier alpha value is -2.28. The van der Waals surface area contributed by atoms with Crippen molar-refractivity contribution in [2.45, 2.75) is 18.9 Å². The highest BCUT2D eigenvalue weighted by molar-refractivity contribution is 6.37. The van der Waals surface area contributed by atoms with Gasteiger partial charge in [0, 0.05) is 30.7 Å². The van der Waals surface area contributed by atoms with Crippen LogP contribution in [0.3, 0.4) is 0 Å². The molecule has 0 aromatic carbocycles. The Morgan fingerprint density at radius 2 is 2.41 bits per heavy atom. The van der Waals surface area contributed by atoms with E-state index in [1.54, 1.807) is 6.20 Å². The summed E-state index contributed by atoms with van der Waals surface area (Å²) >= 11 is 6.39. The van der Waals surface area contributed by atoms with E-state index in [9.17, 15) is 9.59 Å². The van der Waals surface area contributed by atoms with E-state index in [2.05, 4.69) is 20.2 Å². The van der Waals surface area contributed by atoms with Gasteiger partial charge in [0.15, 0.2) is 5.69 Å². The zero-order valence-corrected chi connectivity index (χ0v) is 12.6. The number of anilines is 1. The molecule has 0 unspecified atom stereocenters. The van der Waals surface area contributed by atoms with Crippen molar-refractivity contribution >= 4 is 40.6 Å². The van der Waals surface area contributed by atoms with Crippen molar-refractivity contribution in [3.8, 4) is 0 Å². The van der Waals surface area contributed by atoms with Crippen LogP contribution in [0.5, 0.6) is 0 Å². The lowest BCUT2D eigenvalue weighted by atomic mass is 10.0. The van der Waals surface area contributed by atoms with Crippen LogP contribution in [-0.4, -0.2) is 41.4 Å². The lowest BCUT2D eigenvalue weighted by Crippen LogP contribution is -2.45. The van der Waals surface area contributed by atoms with Crippen LogP contribution in [-0.2, 0) is 4.79 Å². The molecule has 4 N–H and O–H groups in total. The second-order valence-corrected chi connectivity index (χ2v) is 5.67. The number of nitrogens with zero attached hydrogens (tertiary/aromatic N) is 2. The topological polar surface area (TPSA) is 104 Å². The van der Waals surface area contributed by atoms with Crippen molar-refractivity contribution in [1.29, 1.82) is 0 Å². The largest absolute Gasteiger partial charge is 0.368 e. The number of hydrogen-bond donors (Lipinski definition) is 3. The van der Waals surface area contributed by atoms with Crippen molar-refractivity contribution in [1.82, 2.24) is 15.3 Å². The van der Waals surface area contributed by atoms with E-state index in [-0.39, 0.29) is 16.8 Å². The number of primary amides is 1. The van der Waals surface area contributed by atoms with Crippen LogP contribution in [0, 0.1) is 0 Å². The predicted octanol–water partition coefficient (Wildman–Crippen LogP) is 1.03. The summed E-state index contributed by atoms with van der Waals surface area (Å²) in [5, 5.41) is 3.89. The molecule has 8 heteroatoms. The molecule has 3 rings (SSSR count). The van der Waals surface area contributed by atoms with Crippen LogP contribution >= 0.6 is 11.6 Å². The zero-order valence-electron chi connectivity index (χ0n) is 11.8. The standard InChI is InChI=1S/C14H16ClN5O2/c15-10-11(13(16)22)19-14-9(3-4-17-14)12(10)20-5-1-2-8(6-20)18-7-21/h3-4,7-8H,1-2,5-6H2,(H2,16,22)(H,17,19)(H,18,21)/t8-/m1/s1. The van der Waals surface area contributed by atoms with E-state index < -0.39 is 5.91 Å². The third-order valence-corrected chi connectivity index (χ3v) is 4.25. The van der Waals surface area contributed by atoms with Gasteiger partial charge in [-0.3, -0.25) is 9.59 Å². The Kier molecular flexibility index (Phi) is 3.89. The minimum atomic E-state index is -0.665. The minimum absolute atomic E-state index is 0.0529. The molecule has 1 atom stereocenters. The fourth-order valence-electron chi connectivity index (χ4n) is 2.92. The van der Waals surface area contributed by atoms with E-state index in [4.69, 9.17) is 17.3 Å². The Bertz CT molecular complexity index is 729. The van der Waals surface area contributed by atoms with E-state index in [1.165, 1.54) is 0 Å². The molecule has 2 aromatic heterocycles. The molecule has 7 nitrogen and oxygen atoms in total. The number of fused-ring (bicyclic) bond motifs is 1. The number of halogens is 1. The van der Waals surface area contributed by atoms with Crippen LogP contribution in [0.15, 0.2) is 12.3 Å². The summed E-state index contributed by atoms with van der Waals surface area (Å²) in [5.74, 6) is -0.665. The molecule has 1 aliphatic rings. The fourth-order valence-corrected chi connectivity index (χ4v) is 3.28. The lowest BCUT2D eigenvalue weighted by molar-refractivity contribution is -0.110. The average Bonchev–Trinajstić information content (AvgIpc) is 2.95. The fraction of sp³-hybridized carbons (Fsp3) is 0.357. The number of rotatable bonds is 4. The van der Waals surface area contributed by atoms with Gasteiger partial charge in [-0.1, -0.05) is 11.6 Å². The van der Waals surface area contributed by atoms with Crippen LogP contribution in [0.1, 0.15) is 23.3 Å². The number of aromatic amines is 1. The molecule has 2 amide bonds. The first-order valence-corrected chi connectivity index (χ1v) is 7.40. The van der Waals surface area contributed by atoms with Gasteiger partial charge in [-0.05, 0) is 18.9 Å². The molecule has 1 saturated heterocycles. The monoisotopic (exact) mass is 321 g/mol. The Morgan fingerprint density at radius 3 is 3.14 bits per heavy atom. The van der Waals surface area contributed by atoms with Crippen molar-refractivity contribution in [2.75, 3.05) is 18.0 Å². The summed E-state index contributed by atoms with van der Waals surface area (Å²) < 4.78 is 0. The number of H-pyrrole nitrogens is 1. The minimum Gasteiger partial charge on any atom is -0.368 e. The molecule has 2 aromatic rings. The molecule has 116 valence electrons. The van der Waals surface area contributed by atoms with E-state index in [1.807, 2.05) is 6.07 Å². The first-order valence-electron chi connectivity index (χ1n) is 7.03. The number of aromatic nitrogens is 2. The normalized spacial score (nSPS) is 18.4. The third-order valence-electron chi connectivity index (χ3n) is 3.89. The first-order chi connectivity index (χ1) is 10.6. The van der Waals surface area contributed by atoms with Gasteiger partial charge in [0.1, 0.15) is 5.65 Å². The molecule has 22 heavy (non-hydrogen) atoms. The summed E-state index contributed by atoms with van der Waals surface area (Å²) in [7, 11) is 0. The zero-order chi connectivity index (χ0) is 15.7. The summed E-state index contributed by atoms with van der Waals surface area (Å²) in [6, 6.07) is 1.92. The van der Waals surface area contributed by atoms with Gasteiger partial charge in [0.05, 0.1) is 10.7 Å². The van der Waals surface area contributed by atoms with E-state index >= 15 is 0 Å². The number of nitrogens with one attached hydrogen (secondary N) is 2. The van der Waals surface area contributed by atoms with Gasteiger partial charge in [-0.15, -0.1) is 0 Å². The van der Waals surface area contributed by atoms with E-state index in [0.29, 0.717) is 18.6 Å². The summed E-state index contributed by atoms with van der Waals surface area (Å²) in [4.78, 5) is 31.5. The average molecular weight is 322 g/mol. The second kappa shape index (κ2) is 5.84. The molecule has 1 aliphatic heterocycles. The predicted molar refractivity (Wildman–Crippen MR) is 84.1 cm³/mol.